The quantitative estimate of drug-likeness (QED) is 0.198. The van der Waals surface area contributed by atoms with Crippen LogP contribution in [-0.4, -0.2) is 4.92 Å². The lowest BCUT2D eigenvalue weighted by molar-refractivity contribution is -0.384. The summed E-state index contributed by atoms with van der Waals surface area (Å²) < 4.78 is 0. The number of nitrogens with zero attached hydrogens (tertiary/aromatic N) is 1. The van der Waals surface area contributed by atoms with Gasteiger partial charge in [-0.25, -0.2) is 0 Å². The van der Waals surface area contributed by atoms with Crippen LogP contribution in [0.15, 0.2) is 78.9 Å². The van der Waals surface area contributed by atoms with E-state index in [1.165, 1.54) is 33.7 Å². The molecule has 0 spiro atoms. The molecule has 3 nitrogen and oxygen atoms in total. The standard InChI is InChI=1S/C22H15NO2/c24-23(25)21-12-9-16(10-13-21)8-11-17-6-3-7-20-14-18-4-1-2-5-19(18)15-22(17)20/h1-15H. The number of benzene rings is 4. The van der Waals surface area contributed by atoms with Gasteiger partial charge >= 0.3 is 0 Å². The van der Waals surface area contributed by atoms with Gasteiger partial charge < -0.3 is 0 Å². The Bertz CT molecular complexity index is 1110. The predicted molar refractivity (Wildman–Crippen MR) is 103 cm³/mol. The molecule has 0 radical (unpaired) electrons. The van der Waals surface area contributed by atoms with Gasteiger partial charge in [-0.05, 0) is 56.9 Å². The fourth-order valence-corrected chi connectivity index (χ4v) is 3.03. The molecule has 0 saturated heterocycles. The average molecular weight is 325 g/mol. The van der Waals surface area contributed by atoms with E-state index in [4.69, 9.17) is 0 Å². The van der Waals surface area contributed by atoms with Gasteiger partial charge in [0.15, 0.2) is 0 Å². The monoisotopic (exact) mass is 325 g/mol. The molecule has 0 N–H and O–H groups in total. The van der Waals surface area contributed by atoms with Crippen LogP contribution in [0.2, 0.25) is 0 Å². The van der Waals surface area contributed by atoms with Crippen molar-refractivity contribution in [3.63, 3.8) is 0 Å². The first-order chi connectivity index (χ1) is 12.2. The van der Waals surface area contributed by atoms with Crippen LogP contribution in [0.1, 0.15) is 11.1 Å². The Hall–Kier alpha value is -3.46. The SMILES string of the molecule is O=[N+]([O-])c1ccc(C=Cc2cccc3cc4ccccc4cc23)cc1. The highest BCUT2D eigenvalue weighted by atomic mass is 16.6. The predicted octanol–water partition coefficient (Wildman–Crippen LogP) is 6.07. The van der Waals surface area contributed by atoms with Gasteiger partial charge in [0.2, 0.25) is 0 Å². The van der Waals surface area contributed by atoms with E-state index < -0.39 is 0 Å². The minimum Gasteiger partial charge on any atom is -0.258 e. The first-order valence-corrected chi connectivity index (χ1v) is 8.05. The van der Waals surface area contributed by atoms with Crippen LogP contribution in [0.25, 0.3) is 33.7 Å². The second kappa shape index (κ2) is 6.21. The van der Waals surface area contributed by atoms with E-state index in [1.54, 1.807) is 12.1 Å². The van der Waals surface area contributed by atoms with Crippen molar-refractivity contribution in [3.8, 4) is 0 Å². The second-order valence-electron chi connectivity index (χ2n) is 5.95. The van der Waals surface area contributed by atoms with Gasteiger partial charge in [0.05, 0.1) is 4.92 Å². The lowest BCUT2D eigenvalue weighted by Gasteiger charge is -2.05. The first-order valence-electron chi connectivity index (χ1n) is 8.05. The van der Waals surface area contributed by atoms with Crippen LogP contribution >= 0.6 is 0 Å². The Labute approximate surface area is 145 Å². The molecule has 25 heavy (non-hydrogen) atoms. The summed E-state index contributed by atoms with van der Waals surface area (Å²) in [6, 6.07) is 25.6. The van der Waals surface area contributed by atoms with Gasteiger partial charge in [0.25, 0.3) is 5.69 Å². The smallest absolute Gasteiger partial charge is 0.258 e. The maximum absolute atomic E-state index is 10.7. The largest absolute Gasteiger partial charge is 0.269 e. The molecule has 0 aliphatic rings. The third-order valence-electron chi connectivity index (χ3n) is 4.34. The van der Waals surface area contributed by atoms with Crippen molar-refractivity contribution < 1.29 is 4.92 Å². The molecule has 0 aromatic heterocycles. The van der Waals surface area contributed by atoms with Crippen molar-refractivity contribution in [2.75, 3.05) is 0 Å². The zero-order valence-electron chi connectivity index (χ0n) is 13.4. The zero-order chi connectivity index (χ0) is 17.2. The molecule has 4 rings (SSSR count). The summed E-state index contributed by atoms with van der Waals surface area (Å²) >= 11 is 0. The van der Waals surface area contributed by atoms with Crippen molar-refractivity contribution in [3.05, 3.63) is 100 Å². The van der Waals surface area contributed by atoms with Crippen LogP contribution < -0.4 is 0 Å². The number of nitro benzene ring substituents is 1. The van der Waals surface area contributed by atoms with Gasteiger partial charge in [-0.15, -0.1) is 0 Å². The third kappa shape index (κ3) is 3.00. The first kappa shape index (κ1) is 15.1. The average Bonchev–Trinajstić information content (AvgIpc) is 2.65. The Morgan fingerprint density at radius 1 is 0.720 bits per heavy atom. The number of hydrogen-bond acceptors (Lipinski definition) is 2. The van der Waals surface area contributed by atoms with Crippen LogP contribution in [0.5, 0.6) is 0 Å². The Balaban J connectivity index is 1.75. The minimum absolute atomic E-state index is 0.105. The summed E-state index contributed by atoms with van der Waals surface area (Å²) in [7, 11) is 0. The van der Waals surface area contributed by atoms with Gasteiger partial charge in [-0.2, -0.15) is 0 Å². The molecule has 120 valence electrons. The summed E-state index contributed by atoms with van der Waals surface area (Å²) in [6.07, 6.45) is 4.03. The molecule has 0 saturated carbocycles. The van der Waals surface area contributed by atoms with Crippen molar-refractivity contribution >= 4 is 39.4 Å². The maximum atomic E-state index is 10.7. The summed E-state index contributed by atoms with van der Waals surface area (Å²) in [4.78, 5) is 10.3. The summed E-state index contributed by atoms with van der Waals surface area (Å²) in [6.45, 7) is 0. The van der Waals surface area contributed by atoms with Gasteiger partial charge in [0, 0.05) is 12.1 Å². The molecule has 0 aliphatic heterocycles. The molecule has 0 amide bonds. The fourth-order valence-electron chi connectivity index (χ4n) is 3.03. The number of hydrogen-bond donors (Lipinski definition) is 0. The number of rotatable bonds is 3. The molecule has 4 aromatic rings. The zero-order valence-corrected chi connectivity index (χ0v) is 13.4. The lowest BCUT2D eigenvalue weighted by atomic mass is 9.99. The highest BCUT2D eigenvalue weighted by Crippen LogP contribution is 2.26. The molecule has 0 bridgehead atoms. The van der Waals surface area contributed by atoms with Crippen LogP contribution in [-0.2, 0) is 0 Å². The Morgan fingerprint density at radius 3 is 2.12 bits per heavy atom. The molecule has 3 heteroatoms. The van der Waals surface area contributed by atoms with E-state index in [-0.39, 0.29) is 10.6 Å². The summed E-state index contributed by atoms with van der Waals surface area (Å²) in [5.41, 5.74) is 2.17. The van der Waals surface area contributed by atoms with E-state index in [9.17, 15) is 10.1 Å². The molecule has 0 heterocycles. The van der Waals surface area contributed by atoms with E-state index in [2.05, 4.69) is 42.5 Å². The van der Waals surface area contributed by atoms with Crippen LogP contribution in [0.3, 0.4) is 0 Å². The van der Waals surface area contributed by atoms with Gasteiger partial charge in [0.1, 0.15) is 0 Å². The molecule has 0 atom stereocenters. The van der Waals surface area contributed by atoms with E-state index in [1.807, 2.05) is 24.3 Å². The topological polar surface area (TPSA) is 43.1 Å². The van der Waals surface area contributed by atoms with Crippen LogP contribution in [0, 0.1) is 10.1 Å². The van der Waals surface area contributed by atoms with Gasteiger partial charge in [-0.3, -0.25) is 10.1 Å². The molecule has 0 aliphatic carbocycles. The number of nitro groups is 1. The van der Waals surface area contributed by atoms with E-state index in [0.29, 0.717) is 0 Å². The van der Waals surface area contributed by atoms with Crippen molar-refractivity contribution in [1.29, 1.82) is 0 Å². The van der Waals surface area contributed by atoms with Crippen molar-refractivity contribution in [1.82, 2.24) is 0 Å². The second-order valence-corrected chi connectivity index (χ2v) is 5.95. The molecule has 0 fully saturated rings. The van der Waals surface area contributed by atoms with E-state index in [0.717, 1.165) is 11.1 Å². The Kier molecular flexibility index (Phi) is 3.75. The number of non-ortho nitro benzene ring substituents is 1. The number of fused-ring (bicyclic) bond motifs is 2. The highest BCUT2D eigenvalue weighted by Gasteiger charge is 2.03. The fraction of sp³-hybridized carbons (Fsp3) is 0. The van der Waals surface area contributed by atoms with Crippen molar-refractivity contribution in [2.45, 2.75) is 0 Å². The van der Waals surface area contributed by atoms with Gasteiger partial charge in [-0.1, -0.05) is 54.6 Å². The normalized spacial score (nSPS) is 11.4. The van der Waals surface area contributed by atoms with Crippen molar-refractivity contribution in [2.24, 2.45) is 0 Å². The summed E-state index contributed by atoms with van der Waals surface area (Å²) in [5, 5.41) is 15.6. The molecular weight excluding hydrogens is 310 g/mol. The highest BCUT2D eigenvalue weighted by molar-refractivity contribution is 6.02. The molecule has 4 aromatic carbocycles. The third-order valence-corrected chi connectivity index (χ3v) is 4.34. The Morgan fingerprint density at radius 2 is 1.40 bits per heavy atom. The molecular formula is C22H15NO2. The minimum atomic E-state index is -0.386. The summed E-state index contributed by atoms with van der Waals surface area (Å²) in [5.74, 6) is 0. The maximum Gasteiger partial charge on any atom is 0.269 e. The lowest BCUT2D eigenvalue weighted by Crippen LogP contribution is -1.86. The van der Waals surface area contributed by atoms with E-state index >= 15 is 0 Å². The molecule has 0 unspecified atom stereocenters. The van der Waals surface area contributed by atoms with Crippen LogP contribution in [0.4, 0.5) is 5.69 Å².